The Kier molecular flexibility index (Phi) is 6.55. The lowest BCUT2D eigenvalue weighted by molar-refractivity contribution is -0.250. The molecule has 1 aliphatic heterocycles. The monoisotopic (exact) mass is 380 g/mol. The molecule has 0 aromatic carbocycles. The molecular formula is C11H15F3O9S. The Morgan fingerprint density at radius 1 is 1.21 bits per heavy atom. The number of esters is 2. The molecule has 1 heterocycles. The number of carbonyl (C=O) groups excluding carboxylic acids is 2. The second-order valence-corrected chi connectivity index (χ2v) is 6.38. The minimum atomic E-state index is -5.92. The number of ether oxygens (including phenoxy) is 3. The summed E-state index contributed by atoms with van der Waals surface area (Å²) in [6.07, 6.45) is -6.25. The molecule has 13 heteroatoms. The Bertz CT molecular complexity index is 574. The van der Waals surface area contributed by atoms with Crippen LogP contribution in [0.15, 0.2) is 0 Å². The molecule has 1 N–H and O–H groups in total. The van der Waals surface area contributed by atoms with Crippen molar-refractivity contribution < 1.29 is 54.7 Å². The first-order chi connectivity index (χ1) is 10.8. The summed E-state index contributed by atoms with van der Waals surface area (Å²) in [5.41, 5.74) is -5.66. The van der Waals surface area contributed by atoms with Gasteiger partial charge in [0.1, 0.15) is 12.2 Å². The van der Waals surface area contributed by atoms with Crippen LogP contribution in [-0.4, -0.2) is 62.2 Å². The van der Waals surface area contributed by atoms with E-state index in [1.807, 2.05) is 0 Å². The zero-order valence-corrected chi connectivity index (χ0v) is 13.3. The minimum absolute atomic E-state index is 0.333. The second-order valence-electron chi connectivity index (χ2n) is 4.77. The Hall–Kier alpha value is -1.44. The summed E-state index contributed by atoms with van der Waals surface area (Å²) in [5.74, 6) is -1.70. The molecule has 0 saturated carbocycles. The topological polar surface area (TPSA) is 125 Å². The zero-order chi connectivity index (χ0) is 18.7. The molecule has 1 aliphatic rings. The van der Waals surface area contributed by atoms with Gasteiger partial charge in [-0.05, 0) is 0 Å². The van der Waals surface area contributed by atoms with Crippen molar-refractivity contribution in [2.45, 2.75) is 50.4 Å². The maximum Gasteiger partial charge on any atom is 0.523 e. The maximum atomic E-state index is 12.3. The van der Waals surface area contributed by atoms with Crippen molar-refractivity contribution in [3.63, 3.8) is 0 Å². The SMILES string of the molecule is CC(=O)O[C@H]1[C@H](OC(C)=O)C[C@@H](O)O[C@@H]1COS(=O)(=O)C(F)(F)F. The molecule has 24 heavy (non-hydrogen) atoms. The van der Waals surface area contributed by atoms with Crippen LogP contribution in [0.25, 0.3) is 0 Å². The Morgan fingerprint density at radius 2 is 1.75 bits per heavy atom. The minimum Gasteiger partial charge on any atom is -0.458 e. The maximum absolute atomic E-state index is 12.3. The molecular weight excluding hydrogens is 365 g/mol. The van der Waals surface area contributed by atoms with Crippen molar-refractivity contribution in [2.24, 2.45) is 0 Å². The first-order valence-corrected chi connectivity index (χ1v) is 7.88. The van der Waals surface area contributed by atoms with Crippen molar-refractivity contribution in [3.05, 3.63) is 0 Å². The lowest BCUT2D eigenvalue weighted by Crippen LogP contribution is -2.53. The molecule has 0 aromatic rings. The van der Waals surface area contributed by atoms with Crippen molar-refractivity contribution in [1.82, 2.24) is 0 Å². The van der Waals surface area contributed by atoms with Crippen LogP contribution in [0.3, 0.4) is 0 Å². The van der Waals surface area contributed by atoms with Gasteiger partial charge in [-0.1, -0.05) is 0 Å². The number of carbonyl (C=O) groups is 2. The fourth-order valence-corrected chi connectivity index (χ4v) is 2.38. The van der Waals surface area contributed by atoms with Crippen LogP contribution in [0.4, 0.5) is 13.2 Å². The number of hydrogen-bond donors (Lipinski definition) is 1. The summed E-state index contributed by atoms with van der Waals surface area (Å²) in [6, 6.07) is 0. The molecule has 0 bridgehead atoms. The van der Waals surface area contributed by atoms with Gasteiger partial charge in [0.05, 0.1) is 6.61 Å². The average Bonchev–Trinajstić information content (AvgIpc) is 2.37. The number of aliphatic hydroxyl groups is 1. The highest BCUT2D eigenvalue weighted by molar-refractivity contribution is 7.87. The van der Waals surface area contributed by atoms with Gasteiger partial charge in [-0.15, -0.1) is 0 Å². The van der Waals surface area contributed by atoms with Gasteiger partial charge in [0, 0.05) is 20.3 Å². The molecule has 4 atom stereocenters. The second kappa shape index (κ2) is 7.63. The summed E-state index contributed by atoms with van der Waals surface area (Å²) in [4.78, 5) is 22.2. The van der Waals surface area contributed by atoms with E-state index in [2.05, 4.69) is 4.18 Å². The van der Waals surface area contributed by atoms with Crippen molar-refractivity contribution in [3.8, 4) is 0 Å². The van der Waals surface area contributed by atoms with Crippen LogP contribution in [0.2, 0.25) is 0 Å². The van der Waals surface area contributed by atoms with Gasteiger partial charge in [0.2, 0.25) is 0 Å². The number of hydrogen-bond acceptors (Lipinski definition) is 9. The predicted octanol–water partition coefficient (Wildman–Crippen LogP) is -0.177. The van der Waals surface area contributed by atoms with Crippen molar-refractivity contribution >= 4 is 22.1 Å². The highest BCUT2D eigenvalue weighted by atomic mass is 32.2. The van der Waals surface area contributed by atoms with Gasteiger partial charge in [-0.3, -0.25) is 13.8 Å². The van der Waals surface area contributed by atoms with E-state index < -0.39 is 58.8 Å². The normalized spacial score (nSPS) is 28.2. The van der Waals surface area contributed by atoms with Crippen LogP contribution >= 0.6 is 0 Å². The first kappa shape index (κ1) is 20.6. The van der Waals surface area contributed by atoms with Gasteiger partial charge in [-0.2, -0.15) is 21.6 Å². The third-order valence-corrected chi connectivity index (χ3v) is 3.80. The third-order valence-electron chi connectivity index (χ3n) is 2.79. The van der Waals surface area contributed by atoms with Crippen LogP contribution in [0.1, 0.15) is 20.3 Å². The summed E-state index contributed by atoms with van der Waals surface area (Å²) >= 11 is 0. The zero-order valence-electron chi connectivity index (χ0n) is 12.5. The smallest absolute Gasteiger partial charge is 0.458 e. The van der Waals surface area contributed by atoms with Crippen LogP contribution < -0.4 is 0 Å². The summed E-state index contributed by atoms with van der Waals surface area (Å²) in [6.45, 7) is 0.779. The van der Waals surface area contributed by atoms with Crippen molar-refractivity contribution in [2.75, 3.05) is 6.61 Å². The molecule has 0 unspecified atom stereocenters. The first-order valence-electron chi connectivity index (χ1n) is 6.47. The highest BCUT2D eigenvalue weighted by Crippen LogP contribution is 2.28. The van der Waals surface area contributed by atoms with E-state index in [1.165, 1.54) is 0 Å². The molecule has 0 radical (unpaired) electrons. The quantitative estimate of drug-likeness (QED) is 0.393. The summed E-state index contributed by atoms with van der Waals surface area (Å²) in [5, 5.41) is 9.52. The van der Waals surface area contributed by atoms with Gasteiger partial charge in [0.25, 0.3) is 0 Å². The Balaban J connectivity index is 2.94. The molecule has 140 valence electrons. The summed E-state index contributed by atoms with van der Waals surface area (Å²) < 4.78 is 76.9. The number of aliphatic hydroxyl groups excluding tert-OH is 1. The number of halogens is 3. The van der Waals surface area contributed by atoms with E-state index in [9.17, 15) is 36.3 Å². The third kappa shape index (κ3) is 5.58. The summed E-state index contributed by atoms with van der Waals surface area (Å²) in [7, 11) is -5.92. The molecule has 0 aromatic heterocycles. The molecule has 1 rings (SSSR count). The van der Waals surface area contributed by atoms with Gasteiger partial charge < -0.3 is 19.3 Å². The molecule has 1 saturated heterocycles. The van der Waals surface area contributed by atoms with E-state index in [-0.39, 0.29) is 6.42 Å². The van der Waals surface area contributed by atoms with Gasteiger partial charge >= 0.3 is 27.6 Å². The van der Waals surface area contributed by atoms with Crippen molar-refractivity contribution in [1.29, 1.82) is 0 Å². The number of rotatable bonds is 5. The average molecular weight is 380 g/mol. The fraction of sp³-hybridized carbons (Fsp3) is 0.818. The molecule has 0 amide bonds. The highest BCUT2D eigenvalue weighted by Gasteiger charge is 2.49. The van der Waals surface area contributed by atoms with E-state index in [4.69, 9.17) is 14.2 Å². The molecule has 9 nitrogen and oxygen atoms in total. The Morgan fingerprint density at radius 3 is 2.21 bits per heavy atom. The lowest BCUT2D eigenvalue weighted by atomic mass is 10.0. The van der Waals surface area contributed by atoms with E-state index in [0.717, 1.165) is 13.8 Å². The number of alkyl halides is 3. The molecule has 1 fully saturated rings. The standard InChI is InChI=1S/C11H15F3O9S/c1-5(15)21-7-3-9(17)23-8(10(7)22-6(2)16)4-20-24(18,19)11(12,13)14/h7-10,17H,3-4H2,1-2H3/t7-,8-,9+,10+/m1/s1. The van der Waals surface area contributed by atoms with Crippen LogP contribution in [-0.2, 0) is 38.1 Å². The van der Waals surface area contributed by atoms with E-state index in [0.29, 0.717) is 0 Å². The van der Waals surface area contributed by atoms with E-state index >= 15 is 0 Å². The van der Waals surface area contributed by atoms with Crippen LogP contribution in [0, 0.1) is 0 Å². The van der Waals surface area contributed by atoms with Gasteiger partial charge in [-0.25, -0.2) is 0 Å². The predicted molar refractivity (Wildman–Crippen MR) is 67.5 cm³/mol. The molecule has 0 aliphatic carbocycles. The molecule has 0 spiro atoms. The lowest BCUT2D eigenvalue weighted by Gasteiger charge is -2.38. The van der Waals surface area contributed by atoms with Crippen LogP contribution in [0.5, 0.6) is 0 Å². The Labute approximate surface area is 134 Å². The van der Waals surface area contributed by atoms with E-state index in [1.54, 1.807) is 0 Å². The largest absolute Gasteiger partial charge is 0.523 e. The fourth-order valence-electron chi connectivity index (χ4n) is 1.94. The van der Waals surface area contributed by atoms with Gasteiger partial charge in [0.15, 0.2) is 12.4 Å².